The van der Waals surface area contributed by atoms with Crippen molar-refractivity contribution in [3.05, 3.63) is 50.5 Å². The van der Waals surface area contributed by atoms with Gasteiger partial charge in [-0.2, -0.15) is 10.7 Å². The van der Waals surface area contributed by atoms with Gasteiger partial charge in [0.05, 0.1) is 23.9 Å². The van der Waals surface area contributed by atoms with Crippen molar-refractivity contribution in [3.8, 4) is 6.07 Å². The molecule has 31 heavy (non-hydrogen) atoms. The van der Waals surface area contributed by atoms with Gasteiger partial charge in [-0.15, -0.1) is 11.3 Å². The summed E-state index contributed by atoms with van der Waals surface area (Å²) >= 11 is 14.5. The fourth-order valence-electron chi connectivity index (χ4n) is 3.40. The lowest BCUT2D eigenvalue weighted by molar-refractivity contribution is -0.163. The number of halogens is 2. The molecule has 3 heterocycles. The van der Waals surface area contributed by atoms with Crippen LogP contribution in [-0.2, 0) is 9.57 Å². The van der Waals surface area contributed by atoms with E-state index in [0.717, 1.165) is 0 Å². The van der Waals surface area contributed by atoms with Crippen molar-refractivity contribution in [2.75, 3.05) is 6.54 Å². The van der Waals surface area contributed by atoms with Gasteiger partial charge in [-0.25, -0.2) is 10.8 Å². The minimum atomic E-state index is -1.05. The maximum Gasteiger partial charge on any atom is 0.142 e. The molecule has 2 aromatic rings. The zero-order chi connectivity index (χ0) is 22.1. The lowest BCUT2D eigenvalue weighted by Gasteiger charge is -2.43. The van der Waals surface area contributed by atoms with Gasteiger partial charge in [0, 0.05) is 21.5 Å². The van der Waals surface area contributed by atoms with Crippen LogP contribution in [0.1, 0.15) is 10.6 Å². The summed E-state index contributed by atoms with van der Waals surface area (Å²) in [5.74, 6) is 6.29. The molecule has 5 atom stereocenters. The van der Waals surface area contributed by atoms with Gasteiger partial charge in [-0.05, 0) is 18.2 Å². The van der Waals surface area contributed by atoms with Crippen LogP contribution in [0.3, 0.4) is 0 Å². The van der Waals surface area contributed by atoms with Crippen LogP contribution in [0, 0.1) is 11.3 Å². The van der Waals surface area contributed by atoms with Crippen LogP contribution in [0.2, 0.25) is 10.2 Å². The van der Waals surface area contributed by atoms with Crippen molar-refractivity contribution in [1.29, 1.82) is 5.26 Å². The number of rotatable bonds is 5. The maximum atomic E-state index is 11.1. The molecule has 4 rings (SSSR count). The topological polar surface area (TPSA) is 143 Å². The highest BCUT2D eigenvalue weighted by Crippen LogP contribution is 2.38. The summed E-state index contributed by atoms with van der Waals surface area (Å²) in [6.45, 7) is 0.430. The molecule has 164 valence electrons. The summed E-state index contributed by atoms with van der Waals surface area (Å²) in [5, 5.41) is 24.5. The Bertz CT molecular complexity index is 1030. The Hall–Kier alpha value is -1.59. The molecule has 9 nitrogen and oxygen atoms in total. The molecule has 0 bridgehead atoms. The van der Waals surface area contributed by atoms with E-state index in [0.29, 0.717) is 37.9 Å². The zero-order valence-electron chi connectivity index (χ0n) is 15.8. The number of hydrogen-bond acceptors (Lipinski definition) is 11. The summed E-state index contributed by atoms with van der Waals surface area (Å²) in [4.78, 5) is 10.4. The number of hydrogen-bond donors (Lipinski definition) is 4. The lowest BCUT2D eigenvalue weighted by Crippen LogP contribution is -2.63. The van der Waals surface area contributed by atoms with E-state index >= 15 is 0 Å². The molecule has 2 saturated heterocycles. The molecule has 0 spiro atoms. The van der Waals surface area contributed by atoms with E-state index in [4.69, 9.17) is 44.4 Å². The third kappa shape index (κ3) is 4.93. The molecule has 0 radical (unpaired) electrons. The molecule has 6 N–H and O–H groups in total. The molecule has 2 aliphatic rings. The number of fused-ring (bicyclic) bond motifs is 1. The average molecular weight is 501 g/mol. The second-order valence-electron chi connectivity index (χ2n) is 6.87. The van der Waals surface area contributed by atoms with Gasteiger partial charge in [0.25, 0.3) is 0 Å². The van der Waals surface area contributed by atoms with Crippen LogP contribution in [0.4, 0.5) is 0 Å². The highest BCUT2D eigenvalue weighted by Gasteiger charge is 2.50. The number of nitriles is 1. The van der Waals surface area contributed by atoms with Gasteiger partial charge in [0.15, 0.2) is 0 Å². The predicted octanol–water partition coefficient (Wildman–Crippen LogP) is 1.90. The van der Waals surface area contributed by atoms with E-state index in [-0.39, 0.29) is 6.10 Å². The monoisotopic (exact) mass is 500 g/mol. The van der Waals surface area contributed by atoms with Crippen LogP contribution >= 0.6 is 46.3 Å². The number of aromatic nitrogens is 1. The summed E-state index contributed by atoms with van der Waals surface area (Å²) in [6.07, 6.45) is -0.447. The molecule has 1 aromatic carbocycles. The van der Waals surface area contributed by atoms with E-state index in [2.05, 4.69) is 16.5 Å². The zero-order valence-corrected chi connectivity index (χ0v) is 19.0. The number of aliphatic hydroxyl groups is 1. The van der Waals surface area contributed by atoms with Crippen LogP contribution in [0.5, 0.6) is 0 Å². The smallest absolute Gasteiger partial charge is 0.142 e. The standard InChI is InChI=1S/C18H18Cl2N6O3S2/c19-9-1-8(4-21)2-10(3-9)31-18-15(27)14(16-12(28-18)5-24-29-16)26(23)6-11(22)17-25-13(20)7-30-17/h1-3,6-7,12,14-16,18,24,27H,5,22-23H2/b11-6-. The van der Waals surface area contributed by atoms with Crippen LogP contribution in [0.25, 0.3) is 5.70 Å². The average Bonchev–Trinajstić information content (AvgIpc) is 3.36. The summed E-state index contributed by atoms with van der Waals surface area (Å²) in [7, 11) is 0. The van der Waals surface area contributed by atoms with Gasteiger partial charge in [-0.1, -0.05) is 35.0 Å². The Morgan fingerprint density at radius 2 is 2.26 bits per heavy atom. The van der Waals surface area contributed by atoms with Crippen LogP contribution in [0.15, 0.2) is 34.7 Å². The van der Waals surface area contributed by atoms with Crippen LogP contribution in [-0.4, -0.2) is 51.4 Å². The van der Waals surface area contributed by atoms with Gasteiger partial charge >= 0.3 is 0 Å². The van der Waals surface area contributed by atoms with E-state index in [1.165, 1.54) is 34.3 Å². The summed E-state index contributed by atoms with van der Waals surface area (Å²) in [6, 6.07) is 6.35. The van der Waals surface area contributed by atoms with Crippen molar-refractivity contribution in [1.82, 2.24) is 15.5 Å². The second-order valence-corrected chi connectivity index (χ2v) is 9.72. The highest BCUT2D eigenvalue weighted by molar-refractivity contribution is 7.99. The Balaban J connectivity index is 1.58. The number of aliphatic hydroxyl groups excluding tert-OH is 1. The minimum Gasteiger partial charge on any atom is -0.395 e. The van der Waals surface area contributed by atoms with E-state index in [9.17, 15) is 10.4 Å². The first-order valence-corrected chi connectivity index (χ1v) is 11.6. The molecular formula is C18H18Cl2N6O3S2. The first-order valence-electron chi connectivity index (χ1n) is 9.07. The number of benzene rings is 1. The van der Waals surface area contributed by atoms with Crippen molar-refractivity contribution >= 4 is 52.0 Å². The van der Waals surface area contributed by atoms with E-state index in [1.54, 1.807) is 23.6 Å². The van der Waals surface area contributed by atoms with Crippen LogP contribution < -0.4 is 17.1 Å². The van der Waals surface area contributed by atoms with Gasteiger partial charge in [0.1, 0.15) is 40.0 Å². The van der Waals surface area contributed by atoms with Gasteiger partial charge < -0.3 is 20.6 Å². The number of nitrogens with two attached hydrogens (primary N) is 2. The first-order chi connectivity index (χ1) is 14.9. The molecule has 13 heteroatoms. The molecule has 2 aliphatic heterocycles. The number of ether oxygens (including phenoxy) is 1. The normalized spacial score (nSPS) is 28.2. The predicted molar refractivity (Wildman–Crippen MR) is 119 cm³/mol. The van der Waals surface area contributed by atoms with Crippen molar-refractivity contribution in [2.45, 2.75) is 34.7 Å². The SMILES string of the molecule is N#Cc1cc(Cl)cc(SC2OC3CNOC3C(N(N)/C=C(\N)c3nc(Cl)cs3)C2O)c1. The Morgan fingerprint density at radius 1 is 1.45 bits per heavy atom. The summed E-state index contributed by atoms with van der Waals surface area (Å²) < 4.78 is 6.05. The highest BCUT2D eigenvalue weighted by atomic mass is 35.5. The number of thiazole rings is 1. The lowest BCUT2D eigenvalue weighted by atomic mass is 9.97. The maximum absolute atomic E-state index is 11.1. The molecule has 1 aromatic heterocycles. The molecule has 5 unspecified atom stereocenters. The van der Waals surface area contributed by atoms with E-state index in [1.807, 2.05) is 0 Å². The third-order valence-electron chi connectivity index (χ3n) is 4.75. The molecule has 0 aliphatic carbocycles. The summed E-state index contributed by atoms with van der Waals surface area (Å²) in [5.41, 5.74) is 8.95. The Morgan fingerprint density at radius 3 is 2.97 bits per heavy atom. The molecular weight excluding hydrogens is 483 g/mol. The third-order valence-corrected chi connectivity index (χ3v) is 7.32. The number of nitrogens with one attached hydrogen (secondary N) is 1. The minimum absolute atomic E-state index is 0.304. The Kier molecular flexibility index (Phi) is 6.92. The van der Waals surface area contributed by atoms with E-state index < -0.39 is 23.7 Å². The fraction of sp³-hybridized carbons (Fsp3) is 0.333. The molecule has 0 amide bonds. The van der Waals surface area contributed by atoms with Crippen molar-refractivity contribution in [3.63, 3.8) is 0 Å². The number of hydroxylamine groups is 1. The fourth-order valence-corrected chi connectivity index (χ4v) is 5.73. The first kappa shape index (κ1) is 22.6. The molecule has 2 fully saturated rings. The molecule has 0 saturated carbocycles. The van der Waals surface area contributed by atoms with Crippen molar-refractivity contribution < 1.29 is 14.7 Å². The van der Waals surface area contributed by atoms with Crippen molar-refractivity contribution in [2.24, 2.45) is 11.6 Å². The Labute approximate surface area is 196 Å². The largest absolute Gasteiger partial charge is 0.395 e. The number of hydrazine groups is 1. The quantitative estimate of drug-likeness (QED) is 0.354. The number of nitrogens with zero attached hydrogens (tertiary/aromatic N) is 3. The van der Waals surface area contributed by atoms with Gasteiger partial charge in [-0.3, -0.25) is 4.84 Å². The number of thioether (sulfide) groups is 1. The second kappa shape index (κ2) is 9.50. The van der Waals surface area contributed by atoms with Gasteiger partial charge in [0.2, 0.25) is 0 Å².